The van der Waals surface area contributed by atoms with Gasteiger partial charge in [-0.15, -0.1) is 11.8 Å². The number of nitrogens with zero attached hydrogens (tertiary/aromatic N) is 2. The van der Waals surface area contributed by atoms with Crippen molar-refractivity contribution in [3.63, 3.8) is 0 Å². The van der Waals surface area contributed by atoms with E-state index in [9.17, 15) is 0 Å². The number of hydrogen-bond acceptors (Lipinski definition) is 5. The van der Waals surface area contributed by atoms with Crippen LogP contribution in [0.1, 0.15) is 37.0 Å². The quantitative estimate of drug-likeness (QED) is 0.793. The molecular formula is C15H21N3OS. The van der Waals surface area contributed by atoms with Crippen LogP contribution in [0, 0.1) is 6.92 Å². The van der Waals surface area contributed by atoms with Crippen LogP contribution in [-0.2, 0) is 12.2 Å². The molecule has 1 atom stereocenters. The van der Waals surface area contributed by atoms with Crippen molar-refractivity contribution < 1.29 is 4.52 Å². The summed E-state index contributed by atoms with van der Waals surface area (Å²) < 4.78 is 5.25. The van der Waals surface area contributed by atoms with E-state index in [-0.39, 0.29) is 6.04 Å². The Morgan fingerprint density at radius 3 is 2.90 bits per heavy atom. The van der Waals surface area contributed by atoms with Crippen LogP contribution >= 0.6 is 11.8 Å². The van der Waals surface area contributed by atoms with Crippen LogP contribution in [0.5, 0.6) is 0 Å². The molecule has 5 heteroatoms. The van der Waals surface area contributed by atoms with Gasteiger partial charge in [0.15, 0.2) is 5.82 Å². The Hall–Kier alpha value is -1.33. The monoisotopic (exact) mass is 291 g/mol. The third-order valence-electron chi connectivity index (χ3n) is 3.01. The zero-order valence-corrected chi connectivity index (χ0v) is 12.8. The standard InChI is InChI=1S/C15H21N3OS/c1-11-6-3-4-8-13(11)20-10-14-17-15(19-18-14)9-5-7-12(2)16/h3-4,6,8,12H,5,7,9-10,16H2,1-2H3. The fourth-order valence-electron chi connectivity index (χ4n) is 1.89. The number of hydrogen-bond donors (Lipinski definition) is 1. The van der Waals surface area contributed by atoms with Gasteiger partial charge in [-0.1, -0.05) is 23.4 Å². The summed E-state index contributed by atoms with van der Waals surface area (Å²) in [5.41, 5.74) is 6.99. The molecule has 0 saturated heterocycles. The van der Waals surface area contributed by atoms with Crippen LogP contribution in [0.25, 0.3) is 0 Å². The van der Waals surface area contributed by atoms with E-state index in [1.54, 1.807) is 11.8 Å². The van der Waals surface area contributed by atoms with E-state index in [4.69, 9.17) is 10.3 Å². The lowest BCUT2D eigenvalue weighted by molar-refractivity contribution is 0.369. The molecule has 0 aliphatic carbocycles. The molecule has 2 aromatic rings. The summed E-state index contributed by atoms with van der Waals surface area (Å²) in [6, 6.07) is 8.55. The smallest absolute Gasteiger partial charge is 0.226 e. The lowest BCUT2D eigenvalue weighted by Gasteiger charge is -2.02. The van der Waals surface area contributed by atoms with Crippen molar-refractivity contribution in [2.45, 2.75) is 49.8 Å². The van der Waals surface area contributed by atoms with Crippen LogP contribution in [0.15, 0.2) is 33.7 Å². The van der Waals surface area contributed by atoms with Gasteiger partial charge in [-0.25, -0.2) is 0 Å². The van der Waals surface area contributed by atoms with Gasteiger partial charge in [0.05, 0.1) is 5.75 Å². The van der Waals surface area contributed by atoms with E-state index in [2.05, 4.69) is 29.2 Å². The number of thioether (sulfide) groups is 1. The molecule has 0 saturated carbocycles. The maximum Gasteiger partial charge on any atom is 0.226 e. The predicted octanol–water partition coefficient (Wildman–Crippen LogP) is 3.34. The molecule has 1 unspecified atom stereocenters. The zero-order chi connectivity index (χ0) is 14.4. The highest BCUT2D eigenvalue weighted by Gasteiger charge is 2.08. The predicted molar refractivity (Wildman–Crippen MR) is 81.6 cm³/mol. The third-order valence-corrected chi connectivity index (χ3v) is 4.18. The average Bonchev–Trinajstić information content (AvgIpc) is 2.85. The van der Waals surface area contributed by atoms with Gasteiger partial charge in [0.2, 0.25) is 5.89 Å². The molecule has 20 heavy (non-hydrogen) atoms. The Morgan fingerprint density at radius 1 is 1.35 bits per heavy atom. The van der Waals surface area contributed by atoms with E-state index in [1.165, 1.54) is 10.5 Å². The summed E-state index contributed by atoms with van der Waals surface area (Å²) in [6.45, 7) is 4.12. The maximum absolute atomic E-state index is 5.72. The Morgan fingerprint density at radius 2 is 2.15 bits per heavy atom. The zero-order valence-electron chi connectivity index (χ0n) is 12.0. The minimum atomic E-state index is 0.231. The summed E-state index contributed by atoms with van der Waals surface area (Å²) in [5.74, 6) is 2.21. The molecule has 108 valence electrons. The van der Waals surface area contributed by atoms with Gasteiger partial charge in [-0.3, -0.25) is 0 Å². The first-order chi connectivity index (χ1) is 9.65. The number of nitrogens with two attached hydrogens (primary N) is 1. The molecule has 2 rings (SSSR count). The van der Waals surface area contributed by atoms with Crippen LogP contribution in [-0.4, -0.2) is 16.2 Å². The van der Waals surface area contributed by atoms with Crippen molar-refractivity contribution in [2.75, 3.05) is 0 Å². The van der Waals surface area contributed by atoms with Crippen molar-refractivity contribution >= 4 is 11.8 Å². The van der Waals surface area contributed by atoms with Gasteiger partial charge in [-0.2, -0.15) is 4.98 Å². The summed E-state index contributed by atoms with van der Waals surface area (Å²) >= 11 is 1.74. The number of rotatable bonds is 7. The highest BCUT2D eigenvalue weighted by atomic mass is 32.2. The van der Waals surface area contributed by atoms with E-state index in [0.717, 1.165) is 30.8 Å². The normalized spacial score (nSPS) is 12.6. The first-order valence-corrected chi connectivity index (χ1v) is 7.89. The Bertz CT molecular complexity index is 539. The lowest BCUT2D eigenvalue weighted by atomic mass is 10.1. The topological polar surface area (TPSA) is 64.9 Å². The number of aromatic nitrogens is 2. The first-order valence-electron chi connectivity index (χ1n) is 6.90. The second-order valence-electron chi connectivity index (χ2n) is 5.03. The largest absolute Gasteiger partial charge is 0.339 e. The minimum absolute atomic E-state index is 0.231. The molecule has 1 aromatic heterocycles. The fraction of sp³-hybridized carbons (Fsp3) is 0.467. The maximum atomic E-state index is 5.72. The highest BCUT2D eigenvalue weighted by molar-refractivity contribution is 7.98. The lowest BCUT2D eigenvalue weighted by Crippen LogP contribution is -2.14. The molecule has 0 aliphatic heterocycles. The fourth-order valence-corrected chi connectivity index (χ4v) is 2.76. The summed E-state index contributed by atoms with van der Waals surface area (Å²) in [6.07, 6.45) is 2.78. The van der Waals surface area contributed by atoms with E-state index >= 15 is 0 Å². The van der Waals surface area contributed by atoms with E-state index in [0.29, 0.717) is 5.89 Å². The number of benzene rings is 1. The van der Waals surface area contributed by atoms with Crippen molar-refractivity contribution in [1.29, 1.82) is 0 Å². The third kappa shape index (κ3) is 4.65. The van der Waals surface area contributed by atoms with Crippen LogP contribution in [0.3, 0.4) is 0 Å². The van der Waals surface area contributed by atoms with E-state index < -0.39 is 0 Å². The van der Waals surface area contributed by atoms with Gasteiger partial charge in [-0.05, 0) is 38.3 Å². The molecule has 0 spiro atoms. The summed E-state index contributed by atoms with van der Waals surface area (Å²) in [4.78, 5) is 5.67. The average molecular weight is 291 g/mol. The second-order valence-corrected chi connectivity index (χ2v) is 6.05. The molecule has 2 N–H and O–H groups in total. The van der Waals surface area contributed by atoms with Gasteiger partial charge < -0.3 is 10.3 Å². The van der Waals surface area contributed by atoms with Crippen molar-refractivity contribution in [3.05, 3.63) is 41.5 Å². The van der Waals surface area contributed by atoms with Crippen LogP contribution in [0.4, 0.5) is 0 Å². The first kappa shape index (κ1) is 15.1. The highest BCUT2D eigenvalue weighted by Crippen LogP contribution is 2.24. The summed E-state index contributed by atoms with van der Waals surface area (Å²) in [5, 5.41) is 4.02. The van der Waals surface area contributed by atoms with E-state index in [1.807, 2.05) is 19.1 Å². The van der Waals surface area contributed by atoms with Crippen molar-refractivity contribution in [2.24, 2.45) is 5.73 Å². The molecule has 0 radical (unpaired) electrons. The Balaban J connectivity index is 1.82. The SMILES string of the molecule is Cc1ccccc1SCc1noc(CCCC(C)N)n1. The van der Waals surface area contributed by atoms with Gasteiger partial charge in [0.25, 0.3) is 0 Å². The molecule has 0 fully saturated rings. The van der Waals surface area contributed by atoms with Gasteiger partial charge in [0, 0.05) is 17.4 Å². The van der Waals surface area contributed by atoms with Crippen molar-refractivity contribution in [3.8, 4) is 0 Å². The van der Waals surface area contributed by atoms with Crippen LogP contribution in [0.2, 0.25) is 0 Å². The van der Waals surface area contributed by atoms with Crippen LogP contribution < -0.4 is 5.73 Å². The molecule has 4 nitrogen and oxygen atoms in total. The van der Waals surface area contributed by atoms with Crippen molar-refractivity contribution in [1.82, 2.24) is 10.1 Å². The molecular weight excluding hydrogens is 270 g/mol. The molecule has 0 amide bonds. The Labute approximate surface area is 124 Å². The molecule has 0 aliphatic rings. The molecule has 1 heterocycles. The van der Waals surface area contributed by atoms with Gasteiger partial charge >= 0.3 is 0 Å². The summed E-state index contributed by atoms with van der Waals surface area (Å²) in [7, 11) is 0. The molecule has 1 aromatic carbocycles. The molecule has 0 bridgehead atoms. The Kier molecular flexibility index (Phi) is 5.61. The second kappa shape index (κ2) is 7.45. The number of aryl methyl sites for hydroxylation is 2. The minimum Gasteiger partial charge on any atom is -0.339 e. The van der Waals surface area contributed by atoms with Gasteiger partial charge in [0.1, 0.15) is 0 Å².